The van der Waals surface area contributed by atoms with E-state index in [-0.39, 0.29) is 18.4 Å². The van der Waals surface area contributed by atoms with Crippen molar-refractivity contribution in [1.29, 1.82) is 0 Å². The fourth-order valence-electron chi connectivity index (χ4n) is 2.11. The summed E-state index contributed by atoms with van der Waals surface area (Å²) < 4.78 is 0. The average molecular weight is 277 g/mol. The van der Waals surface area contributed by atoms with Gasteiger partial charge in [-0.15, -0.1) is 23.7 Å². The van der Waals surface area contributed by atoms with E-state index in [4.69, 9.17) is 0 Å². The number of thiophene rings is 1. The van der Waals surface area contributed by atoms with Gasteiger partial charge < -0.3 is 10.4 Å². The lowest BCUT2D eigenvalue weighted by atomic mass is 10.1. The van der Waals surface area contributed by atoms with E-state index in [1.165, 1.54) is 4.88 Å². The van der Waals surface area contributed by atoms with Crippen LogP contribution in [0.4, 0.5) is 0 Å². The third-order valence-electron chi connectivity index (χ3n) is 3.02. The molecule has 2 heterocycles. The second-order valence-corrected chi connectivity index (χ2v) is 4.97. The third-order valence-corrected chi connectivity index (χ3v) is 4.06. The molecule has 1 fully saturated rings. The fourth-order valence-corrected chi connectivity index (χ4v) is 2.91. The van der Waals surface area contributed by atoms with Crippen molar-refractivity contribution in [3.05, 3.63) is 22.4 Å². The van der Waals surface area contributed by atoms with E-state index in [0.717, 1.165) is 13.1 Å². The van der Waals surface area contributed by atoms with E-state index >= 15 is 0 Å². The maximum absolute atomic E-state index is 11.2. The average Bonchev–Trinajstić information content (AvgIpc) is 2.81. The first-order valence-electron chi connectivity index (χ1n) is 5.43. The summed E-state index contributed by atoms with van der Waals surface area (Å²) in [4.78, 5) is 14.5. The summed E-state index contributed by atoms with van der Waals surface area (Å²) in [6.45, 7) is 4.26. The van der Waals surface area contributed by atoms with Gasteiger partial charge in [-0.2, -0.15) is 0 Å². The zero-order chi connectivity index (χ0) is 11.5. The van der Waals surface area contributed by atoms with Gasteiger partial charge in [0.05, 0.1) is 0 Å². The number of rotatable bonds is 3. The van der Waals surface area contributed by atoms with Crippen LogP contribution in [0.15, 0.2) is 17.5 Å². The largest absolute Gasteiger partial charge is 0.480 e. The van der Waals surface area contributed by atoms with Gasteiger partial charge in [-0.05, 0) is 18.4 Å². The molecule has 1 aliphatic rings. The summed E-state index contributed by atoms with van der Waals surface area (Å²) in [5.74, 6) is -0.740. The Morgan fingerprint density at radius 2 is 2.47 bits per heavy atom. The Balaban J connectivity index is 0.00000144. The minimum Gasteiger partial charge on any atom is -0.480 e. The Kier molecular flexibility index (Phi) is 5.39. The van der Waals surface area contributed by atoms with Crippen LogP contribution in [0.1, 0.15) is 17.8 Å². The van der Waals surface area contributed by atoms with E-state index < -0.39 is 12.0 Å². The molecule has 0 aromatic carbocycles. The Morgan fingerprint density at radius 1 is 1.71 bits per heavy atom. The van der Waals surface area contributed by atoms with Crippen LogP contribution in [0.25, 0.3) is 0 Å². The van der Waals surface area contributed by atoms with E-state index in [1.54, 1.807) is 11.3 Å². The van der Waals surface area contributed by atoms with Crippen molar-refractivity contribution in [2.75, 3.05) is 19.6 Å². The van der Waals surface area contributed by atoms with Gasteiger partial charge in [0.1, 0.15) is 6.04 Å². The number of nitrogens with one attached hydrogen (secondary N) is 1. The molecule has 2 atom stereocenters. The smallest absolute Gasteiger partial charge is 0.322 e. The summed E-state index contributed by atoms with van der Waals surface area (Å²) in [6, 6.07) is 3.85. The van der Waals surface area contributed by atoms with Crippen molar-refractivity contribution < 1.29 is 9.90 Å². The summed E-state index contributed by atoms with van der Waals surface area (Å²) in [5.41, 5.74) is 0. The van der Waals surface area contributed by atoms with Crippen LogP contribution >= 0.6 is 23.7 Å². The predicted molar refractivity (Wildman–Crippen MR) is 71.0 cm³/mol. The molecule has 2 unspecified atom stereocenters. The van der Waals surface area contributed by atoms with Gasteiger partial charge >= 0.3 is 5.97 Å². The molecule has 17 heavy (non-hydrogen) atoms. The highest BCUT2D eigenvalue weighted by atomic mass is 35.5. The van der Waals surface area contributed by atoms with E-state index in [2.05, 4.69) is 23.2 Å². The van der Waals surface area contributed by atoms with Crippen molar-refractivity contribution in [2.45, 2.75) is 19.0 Å². The maximum Gasteiger partial charge on any atom is 0.322 e. The summed E-state index contributed by atoms with van der Waals surface area (Å²) >= 11 is 1.68. The molecule has 4 nitrogen and oxygen atoms in total. The molecule has 1 saturated heterocycles. The normalized spacial score (nSPS) is 22.8. The molecule has 0 spiro atoms. The Labute approximate surface area is 111 Å². The second kappa shape index (κ2) is 6.35. The lowest BCUT2D eigenvalue weighted by Gasteiger charge is -2.37. The highest BCUT2D eigenvalue weighted by Crippen LogP contribution is 2.26. The SMILES string of the molecule is CC(c1cccs1)N1CCNCC1C(=O)O.Cl. The van der Waals surface area contributed by atoms with E-state index in [1.807, 2.05) is 11.4 Å². The van der Waals surface area contributed by atoms with Crippen molar-refractivity contribution >= 4 is 29.7 Å². The summed E-state index contributed by atoms with van der Waals surface area (Å²) in [7, 11) is 0. The van der Waals surface area contributed by atoms with Crippen LogP contribution in [-0.4, -0.2) is 41.7 Å². The first-order valence-corrected chi connectivity index (χ1v) is 6.31. The number of carboxylic acid groups (broad SMARTS) is 1. The van der Waals surface area contributed by atoms with Gasteiger partial charge in [0, 0.05) is 30.6 Å². The summed E-state index contributed by atoms with van der Waals surface area (Å²) in [5, 5.41) is 14.3. The Bertz CT molecular complexity index is 358. The van der Waals surface area contributed by atoms with Crippen molar-refractivity contribution in [3.63, 3.8) is 0 Å². The molecule has 1 aliphatic heterocycles. The first-order chi connectivity index (χ1) is 7.70. The molecule has 0 radical (unpaired) electrons. The van der Waals surface area contributed by atoms with Crippen LogP contribution in [-0.2, 0) is 4.79 Å². The van der Waals surface area contributed by atoms with Crippen LogP contribution in [0.3, 0.4) is 0 Å². The van der Waals surface area contributed by atoms with Gasteiger partial charge in [-0.3, -0.25) is 9.69 Å². The van der Waals surface area contributed by atoms with Crippen LogP contribution < -0.4 is 5.32 Å². The molecule has 0 bridgehead atoms. The molecule has 0 aliphatic carbocycles. The van der Waals surface area contributed by atoms with Gasteiger partial charge in [0.2, 0.25) is 0 Å². The number of hydrogen-bond donors (Lipinski definition) is 2. The molecular formula is C11H17ClN2O2S. The van der Waals surface area contributed by atoms with E-state index in [9.17, 15) is 9.90 Å². The number of carbonyl (C=O) groups is 1. The lowest BCUT2D eigenvalue weighted by Crippen LogP contribution is -2.55. The van der Waals surface area contributed by atoms with Gasteiger partial charge in [-0.25, -0.2) is 0 Å². The first kappa shape index (κ1) is 14.4. The molecule has 1 aromatic rings. The number of hydrogen-bond acceptors (Lipinski definition) is 4. The van der Waals surface area contributed by atoms with Crippen molar-refractivity contribution in [2.24, 2.45) is 0 Å². The Hall–Kier alpha value is -0.620. The molecule has 0 amide bonds. The number of aliphatic carboxylic acids is 1. The van der Waals surface area contributed by atoms with Crippen LogP contribution in [0, 0.1) is 0 Å². The van der Waals surface area contributed by atoms with Crippen molar-refractivity contribution in [3.8, 4) is 0 Å². The number of piperazine rings is 1. The minimum absolute atomic E-state index is 0. The summed E-state index contributed by atoms with van der Waals surface area (Å²) in [6.07, 6.45) is 0. The lowest BCUT2D eigenvalue weighted by molar-refractivity contribution is -0.145. The van der Waals surface area contributed by atoms with Gasteiger partial charge in [0.15, 0.2) is 0 Å². The molecule has 96 valence electrons. The molecule has 0 saturated carbocycles. The zero-order valence-corrected chi connectivity index (χ0v) is 11.3. The minimum atomic E-state index is -0.740. The molecule has 2 N–H and O–H groups in total. The quantitative estimate of drug-likeness (QED) is 0.880. The highest BCUT2D eigenvalue weighted by molar-refractivity contribution is 7.10. The number of nitrogens with zero attached hydrogens (tertiary/aromatic N) is 1. The van der Waals surface area contributed by atoms with Gasteiger partial charge in [-0.1, -0.05) is 6.07 Å². The molecule has 6 heteroatoms. The predicted octanol–water partition coefficient (Wildman–Crippen LogP) is 1.59. The standard InChI is InChI=1S/C11H16N2O2S.ClH/c1-8(10-3-2-6-16-10)13-5-4-12-7-9(13)11(14)15;/h2-3,6,8-9,12H,4-5,7H2,1H3,(H,14,15);1H. The van der Waals surface area contributed by atoms with E-state index in [0.29, 0.717) is 6.54 Å². The van der Waals surface area contributed by atoms with Gasteiger partial charge in [0.25, 0.3) is 0 Å². The maximum atomic E-state index is 11.2. The highest BCUT2D eigenvalue weighted by Gasteiger charge is 2.32. The Morgan fingerprint density at radius 3 is 3.06 bits per heavy atom. The van der Waals surface area contributed by atoms with Crippen molar-refractivity contribution in [1.82, 2.24) is 10.2 Å². The van der Waals surface area contributed by atoms with Crippen LogP contribution in [0.2, 0.25) is 0 Å². The molecule has 2 rings (SSSR count). The zero-order valence-electron chi connectivity index (χ0n) is 9.63. The number of halogens is 1. The second-order valence-electron chi connectivity index (χ2n) is 3.99. The van der Waals surface area contributed by atoms with Crippen LogP contribution in [0.5, 0.6) is 0 Å². The fraction of sp³-hybridized carbons (Fsp3) is 0.545. The number of carboxylic acids is 1. The third kappa shape index (κ3) is 3.19. The topological polar surface area (TPSA) is 52.6 Å². The molecular weight excluding hydrogens is 260 g/mol. The molecule has 1 aromatic heterocycles. The monoisotopic (exact) mass is 276 g/mol.